The number of esters is 2. The number of aromatic nitrogens is 1. The summed E-state index contributed by atoms with van der Waals surface area (Å²) in [6.07, 6.45) is 1.64. The molecule has 4 heterocycles. The van der Waals surface area contributed by atoms with Crippen LogP contribution in [-0.2, 0) is 14.3 Å². The van der Waals surface area contributed by atoms with Crippen LogP contribution >= 0.6 is 22.7 Å². The lowest BCUT2D eigenvalue weighted by molar-refractivity contribution is -0.139. The average Bonchev–Trinajstić information content (AvgIpc) is 3.65. The van der Waals surface area contributed by atoms with Crippen molar-refractivity contribution >= 4 is 40.7 Å². The number of benzene rings is 1. The van der Waals surface area contributed by atoms with Crippen LogP contribution in [0.2, 0.25) is 0 Å². The number of fused-ring (bicyclic) bond motifs is 1. The van der Waals surface area contributed by atoms with Gasteiger partial charge in [0.25, 0.3) is 5.56 Å². The van der Waals surface area contributed by atoms with Gasteiger partial charge in [-0.3, -0.25) is 9.36 Å². The fraction of sp³-hybridized carbons (Fsp3) is 0.185. The number of methoxy groups -OCH3 is 1. The van der Waals surface area contributed by atoms with E-state index < -0.39 is 18.0 Å². The fourth-order valence-electron chi connectivity index (χ4n) is 4.20. The van der Waals surface area contributed by atoms with Gasteiger partial charge in [-0.25, -0.2) is 14.6 Å². The van der Waals surface area contributed by atoms with Gasteiger partial charge in [-0.2, -0.15) is 0 Å². The zero-order valence-electron chi connectivity index (χ0n) is 20.2. The van der Waals surface area contributed by atoms with Crippen molar-refractivity contribution in [3.63, 3.8) is 0 Å². The van der Waals surface area contributed by atoms with E-state index in [0.717, 1.165) is 4.88 Å². The minimum absolute atomic E-state index is 0.219. The number of hydrogen-bond acceptors (Lipinski definition) is 9. The van der Waals surface area contributed by atoms with Crippen molar-refractivity contribution in [2.45, 2.75) is 19.9 Å². The first kappa shape index (κ1) is 24.7. The first-order valence-electron chi connectivity index (χ1n) is 11.4. The van der Waals surface area contributed by atoms with Gasteiger partial charge in [0.2, 0.25) is 0 Å². The summed E-state index contributed by atoms with van der Waals surface area (Å²) >= 11 is 2.68. The summed E-state index contributed by atoms with van der Waals surface area (Å²) in [6.45, 7) is 3.71. The summed E-state index contributed by atoms with van der Waals surface area (Å²) < 4.78 is 18.1. The third-order valence-electron chi connectivity index (χ3n) is 5.83. The Hall–Kier alpha value is -4.02. The minimum atomic E-state index is -0.628. The predicted molar refractivity (Wildman–Crippen MR) is 140 cm³/mol. The number of furan rings is 1. The third-order valence-corrected chi connectivity index (χ3v) is 7.74. The molecule has 1 aliphatic rings. The van der Waals surface area contributed by atoms with E-state index in [1.807, 2.05) is 17.5 Å². The monoisotopic (exact) mass is 534 g/mol. The lowest BCUT2D eigenvalue weighted by Crippen LogP contribution is -2.39. The fourth-order valence-corrected chi connectivity index (χ4v) is 6.05. The van der Waals surface area contributed by atoms with Crippen LogP contribution in [0.4, 0.5) is 0 Å². The van der Waals surface area contributed by atoms with Gasteiger partial charge in [0.1, 0.15) is 17.6 Å². The summed E-state index contributed by atoms with van der Waals surface area (Å²) in [7, 11) is 1.32. The molecule has 0 radical (unpaired) electrons. The Bertz CT molecular complexity index is 1710. The number of hydrogen-bond donors (Lipinski definition) is 0. The van der Waals surface area contributed by atoms with E-state index in [1.165, 1.54) is 34.4 Å². The van der Waals surface area contributed by atoms with Crippen LogP contribution in [-0.4, -0.2) is 30.2 Å². The summed E-state index contributed by atoms with van der Waals surface area (Å²) in [5.41, 5.74) is 1.54. The van der Waals surface area contributed by atoms with Crippen molar-refractivity contribution < 1.29 is 23.5 Å². The van der Waals surface area contributed by atoms with Crippen molar-refractivity contribution in [1.29, 1.82) is 0 Å². The molecule has 0 fully saturated rings. The van der Waals surface area contributed by atoms with Gasteiger partial charge in [0.05, 0.1) is 35.1 Å². The molecule has 5 rings (SSSR count). The van der Waals surface area contributed by atoms with Gasteiger partial charge in [0, 0.05) is 16.5 Å². The van der Waals surface area contributed by atoms with Crippen molar-refractivity contribution in [2.24, 2.45) is 4.99 Å². The number of thiophene rings is 1. The Morgan fingerprint density at radius 1 is 1.14 bits per heavy atom. The lowest BCUT2D eigenvalue weighted by Gasteiger charge is -2.23. The molecule has 0 saturated heterocycles. The number of nitrogens with zero attached hydrogens (tertiary/aromatic N) is 2. The molecule has 8 nitrogen and oxygen atoms in total. The molecule has 1 aliphatic heterocycles. The molecular weight excluding hydrogens is 512 g/mol. The number of carbonyl (C=O) groups is 2. The van der Waals surface area contributed by atoms with Crippen molar-refractivity contribution in [2.75, 3.05) is 13.7 Å². The van der Waals surface area contributed by atoms with Gasteiger partial charge in [-0.15, -0.1) is 11.3 Å². The van der Waals surface area contributed by atoms with Gasteiger partial charge >= 0.3 is 11.9 Å². The van der Waals surface area contributed by atoms with Gasteiger partial charge < -0.3 is 13.9 Å². The molecule has 0 aliphatic carbocycles. The van der Waals surface area contributed by atoms with Crippen LogP contribution in [0.15, 0.2) is 79.4 Å². The number of ether oxygens (including phenoxy) is 2. The zero-order valence-corrected chi connectivity index (χ0v) is 21.9. The molecule has 0 spiro atoms. The van der Waals surface area contributed by atoms with E-state index in [4.69, 9.17) is 13.9 Å². The van der Waals surface area contributed by atoms with E-state index >= 15 is 0 Å². The molecule has 0 N–H and O–H groups in total. The topological polar surface area (TPSA) is 100 Å². The van der Waals surface area contributed by atoms with E-state index in [0.29, 0.717) is 43.3 Å². The first-order valence-corrected chi connectivity index (χ1v) is 13.1. The van der Waals surface area contributed by atoms with E-state index in [1.54, 1.807) is 56.3 Å². The molecule has 10 heteroatoms. The van der Waals surface area contributed by atoms with Crippen molar-refractivity contribution in [3.8, 4) is 11.3 Å². The SMILES string of the molecule is CCOC(=O)C1=C(C)N=c2s/c(=C\c3ccc(-c4ccccc4C(=O)OC)o3)c(=O)n2C1c1cccs1. The Kier molecular flexibility index (Phi) is 6.77. The average molecular weight is 535 g/mol. The maximum absolute atomic E-state index is 13.6. The number of thiazole rings is 1. The van der Waals surface area contributed by atoms with E-state index in [2.05, 4.69) is 4.99 Å². The Morgan fingerprint density at radius 2 is 1.95 bits per heavy atom. The molecular formula is C27H22N2O6S2. The van der Waals surface area contributed by atoms with Crippen LogP contribution in [0.25, 0.3) is 17.4 Å². The Labute approximate surface area is 219 Å². The van der Waals surface area contributed by atoms with Gasteiger partial charge in [-0.1, -0.05) is 35.6 Å². The second kappa shape index (κ2) is 10.2. The molecule has 3 aromatic heterocycles. The quantitative estimate of drug-likeness (QED) is 0.348. The van der Waals surface area contributed by atoms with Crippen molar-refractivity contribution in [1.82, 2.24) is 4.57 Å². The Balaban J connectivity index is 1.61. The summed E-state index contributed by atoms with van der Waals surface area (Å²) in [4.78, 5) is 44.6. The second-order valence-electron chi connectivity index (χ2n) is 8.06. The highest BCUT2D eigenvalue weighted by molar-refractivity contribution is 7.10. The molecule has 0 saturated carbocycles. The van der Waals surface area contributed by atoms with Crippen LogP contribution in [0, 0.1) is 0 Å². The highest BCUT2D eigenvalue weighted by Crippen LogP contribution is 2.33. The van der Waals surface area contributed by atoms with Crippen LogP contribution in [0.1, 0.15) is 40.9 Å². The molecule has 1 aromatic carbocycles. The van der Waals surface area contributed by atoms with Crippen LogP contribution < -0.4 is 14.9 Å². The van der Waals surface area contributed by atoms with Gasteiger partial charge in [-0.05, 0) is 43.5 Å². The lowest BCUT2D eigenvalue weighted by atomic mass is 10.0. The van der Waals surface area contributed by atoms with Crippen molar-refractivity contribution in [3.05, 3.63) is 101 Å². The standard InChI is InChI=1S/C27H22N2O6S2/c1-4-34-26(32)22-15(2)28-27-29(23(22)20-10-7-13-36-20)24(30)21(37-27)14-16-11-12-19(35-16)17-8-5-6-9-18(17)25(31)33-3/h5-14,23H,4H2,1-3H3/b21-14-. The minimum Gasteiger partial charge on any atom is -0.465 e. The molecule has 1 unspecified atom stereocenters. The van der Waals surface area contributed by atoms with Crippen LogP contribution in [0.5, 0.6) is 0 Å². The van der Waals surface area contributed by atoms with E-state index in [9.17, 15) is 14.4 Å². The maximum Gasteiger partial charge on any atom is 0.338 e. The third kappa shape index (κ3) is 4.49. The predicted octanol–water partition coefficient (Wildman–Crippen LogP) is 3.91. The summed E-state index contributed by atoms with van der Waals surface area (Å²) in [6, 6.07) is 13.6. The largest absolute Gasteiger partial charge is 0.465 e. The highest BCUT2D eigenvalue weighted by atomic mass is 32.1. The first-order chi connectivity index (χ1) is 17.9. The number of carbonyl (C=O) groups excluding carboxylic acids is 2. The normalized spacial score (nSPS) is 15.3. The molecule has 188 valence electrons. The van der Waals surface area contributed by atoms with Crippen LogP contribution in [0.3, 0.4) is 0 Å². The second-order valence-corrected chi connectivity index (χ2v) is 10.0. The zero-order chi connectivity index (χ0) is 26.1. The molecule has 0 amide bonds. The Morgan fingerprint density at radius 3 is 2.68 bits per heavy atom. The number of rotatable bonds is 6. The van der Waals surface area contributed by atoms with E-state index in [-0.39, 0.29) is 12.2 Å². The summed E-state index contributed by atoms with van der Waals surface area (Å²) in [5.74, 6) is -0.0505. The molecule has 1 atom stereocenters. The molecule has 0 bridgehead atoms. The molecule has 4 aromatic rings. The summed E-state index contributed by atoms with van der Waals surface area (Å²) in [5, 5.41) is 1.90. The smallest absolute Gasteiger partial charge is 0.338 e. The highest BCUT2D eigenvalue weighted by Gasteiger charge is 2.33. The number of allylic oxidation sites excluding steroid dienone is 1. The van der Waals surface area contributed by atoms with Gasteiger partial charge in [0.15, 0.2) is 4.80 Å². The molecule has 37 heavy (non-hydrogen) atoms. The maximum atomic E-state index is 13.6.